The highest BCUT2D eigenvalue weighted by atomic mass is 35.5. The molecule has 0 saturated heterocycles. The number of benzene rings is 2. The highest BCUT2D eigenvalue weighted by molar-refractivity contribution is 6.30. The first-order chi connectivity index (χ1) is 12.1. The number of hydrogen-bond acceptors (Lipinski definition) is 2. The van der Waals surface area contributed by atoms with Gasteiger partial charge in [0.1, 0.15) is 0 Å². The maximum Gasteiger partial charge on any atom is 0.224 e. The molecule has 0 radical (unpaired) electrons. The molecule has 2 aromatic carbocycles. The van der Waals surface area contributed by atoms with Crippen LogP contribution in [0.15, 0.2) is 48.5 Å². The maximum absolute atomic E-state index is 12.2. The molecule has 1 aliphatic rings. The van der Waals surface area contributed by atoms with Crippen LogP contribution in [-0.4, -0.2) is 5.91 Å². The van der Waals surface area contributed by atoms with Crippen LogP contribution < -0.4 is 5.32 Å². The molecule has 0 aliphatic heterocycles. The van der Waals surface area contributed by atoms with Crippen molar-refractivity contribution >= 4 is 23.2 Å². The largest absolute Gasteiger partial charge is 0.326 e. The number of carbonyl (C=O) groups excluding carboxylic acids is 1. The van der Waals surface area contributed by atoms with Gasteiger partial charge >= 0.3 is 0 Å². The molecule has 1 amide bonds. The Kier molecular flexibility index (Phi) is 5.73. The molecular weight excluding hydrogens is 332 g/mol. The van der Waals surface area contributed by atoms with Gasteiger partial charge in [-0.25, -0.2) is 0 Å². The van der Waals surface area contributed by atoms with Gasteiger partial charge in [0.2, 0.25) is 5.91 Å². The number of anilines is 1. The molecule has 0 aromatic heterocycles. The summed E-state index contributed by atoms with van der Waals surface area (Å²) in [6.45, 7) is 0. The van der Waals surface area contributed by atoms with Crippen LogP contribution in [0.2, 0.25) is 5.02 Å². The van der Waals surface area contributed by atoms with E-state index in [0.717, 1.165) is 36.9 Å². The van der Waals surface area contributed by atoms with Crippen molar-refractivity contribution < 1.29 is 4.79 Å². The Hall–Kier alpha value is -2.31. The van der Waals surface area contributed by atoms with Gasteiger partial charge in [-0.15, -0.1) is 0 Å². The van der Waals surface area contributed by atoms with E-state index in [2.05, 4.69) is 17.5 Å². The van der Waals surface area contributed by atoms with Crippen molar-refractivity contribution in [2.75, 3.05) is 5.32 Å². The number of halogens is 1. The van der Waals surface area contributed by atoms with Crippen molar-refractivity contribution in [2.45, 2.75) is 38.0 Å². The molecule has 1 aliphatic carbocycles. The van der Waals surface area contributed by atoms with Gasteiger partial charge < -0.3 is 5.32 Å². The lowest BCUT2D eigenvalue weighted by atomic mass is 9.77. The minimum atomic E-state index is 0.0669. The van der Waals surface area contributed by atoms with Gasteiger partial charge in [0.25, 0.3) is 0 Å². The van der Waals surface area contributed by atoms with E-state index < -0.39 is 0 Å². The summed E-state index contributed by atoms with van der Waals surface area (Å²) in [5, 5.41) is 12.6. The molecule has 1 N–H and O–H groups in total. The second-order valence-corrected chi connectivity index (χ2v) is 7.15. The smallest absolute Gasteiger partial charge is 0.224 e. The van der Waals surface area contributed by atoms with E-state index in [1.165, 1.54) is 5.56 Å². The molecule has 0 bridgehead atoms. The Labute approximate surface area is 153 Å². The summed E-state index contributed by atoms with van der Waals surface area (Å²) in [4.78, 5) is 12.2. The van der Waals surface area contributed by atoms with Crippen molar-refractivity contribution in [1.29, 1.82) is 5.26 Å². The van der Waals surface area contributed by atoms with E-state index >= 15 is 0 Å². The zero-order valence-corrected chi connectivity index (χ0v) is 14.8. The second-order valence-electron chi connectivity index (χ2n) is 6.71. The molecule has 0 heterocycles. The molecule has 2 aromatic rings. The molecule has 1 fully saturated rings. The minimum Gasteiger partial charge on any atom is -0.326 e. The summed E-state index contributed by atoms with van der Waals surface area (Å²) >= 11 is 5.86. The number of nitrogens with one attached hydrogen (secondary N) is 1. The fourth-order valence-corrected chi connectivity index (χ4v) is 3.70. The molecule has 3 rings (SSSR count). The van der Waals surface area contributed by atoms with Crippen molar-refractivity contribution in [2.24, 2.45) is 5.92 Å². The van der Waals surface area contributed by atoms with Crippen molar-refractivity contribution in [1.82, 2.24) is 0 Å². The lowest BCUT2D eigenvalue weighted by Crippen LogP contribution is -2.20. The minimum absolute atomic E-state index is 0.0669. The van der Waals surface area contributed by atoms with Gasteiger partial charge in [-0.3, -0.25) is 4.79 Å². The normalized spacial score (nSPS) is 19.8. The first kappa shape index (κ1) is 17.5. The summed E-state index contributed by atoms with van der Waals surface area (Å²) in [6.07, 6.45) is 4.82. The zero-order valence-electron chi connectivity index (χ0n) is 14.0. The van der Waals surface area contributed by atoms with Gasteiger partial charge in [0.05, 0.1) is 11.6 Å². The number of hydrogen-bond donors (Lipinski definition) is 1. The van der Waals surface area contributed by atoms with Crippen LogP contribution in [0.5, 0.6) is 0 Å². The number of nitriles is 1. The van der Waals surface area contributed by atoms with Gasteiger partial charge in [-0.1, -0.05) is 23.7 Å². The van der Waals surface area contributed by atoms with E-state index in [4.69, 9.17) is 16.9 Å². The van der Waals surface area contributed by atoms with E-state index in [1.807, 2.05) is 30.3 Å². The SMILES string of the molecule is N#Cc1cccc([C@H]2CC[C@@H](CC(=O)Nc3ccc(Cl)cc3)CC2)c1. The molecule has 4 heteroatoms. The number of nitrogens with zero attached hydrogens (tertiary/aromatic N) is 1. The first-order valence-corrected chi connectivity index (χ1v) is 9.07. The molecule has 3 nitrogen and oxygen atoms in total. The predicted octanol–water partition coefficient (Wildman–Crippen LogP) is 5.51. The van der Waals surface area contributed by atoms with Gasteiger partial charge in [0, 0.05) is 17.1 Å². The molecule has 0 unspecified atom stereocenters. The highest BCUT2D eigenvalue weighted by Gasteiger charge is 2.24. The quantitative estimate of drug-likeness (QED) is 0.788. The lowest BCUT2D eigenvalue weighted by molar-refractivity contribution is -0.117. The highest BCUT2D eigenvalue weighted by Crippen LogP contribution is 2.37. The number of rotatable bonds is 4. The van der Waals surface area contributed by atoms with Crippen LogP contribution >= 0.6 is 11.6 Å². The van der Waals surface area contributed by atoms with Crippen molar-refractivity contribution in [3.05, 3.63) is 64.7 Å². The number of carbonyl (C=O) groups is 1. The van der Waals surface area contributed by atoms with Gasteiger partial charge in [0.15, 0.2) is 0 Å². The van der Waals surface area contributed by atoms with Crippen LogP contribution in [0.25, 0.3) is 0 Å². The molecule has 0 spiro atoms. The van der Waals surface area contributed by atoms with Gasteiger partial charge in [-0.2, -0.15) is 5.26 Å². The van der Waals surface area contributed by atoms with E-state index in [9.17, 15) is 4.79 Å². The van der Waals surface area contributed by atoms with Crippen LogP contribution in [0.1, 0.15) is 49.1 Å². The summed E-state index contributed by atoms with van der Waals surface area (Å²) < 4.78 is 0. The lowest BCUT2D eigenvalue weighted by Gasteiger charge is -2.28. The molecule has 0 atom stereocenters. The molecule has 1 saturated carbocycles. The third-order valence-corrected chi connectivity index (χ3v) is 5.19. The Balaban J connectivity index is 1.49. The van der Waals surface area contributed by atoms with Crippen LogP contribution in [0, 0.1) is 17.2 Å². The Morgan fingerprint density at radius 2 is 1.84 bits per heavy atom. The third kappa shape index (κ3) is 4.84. The van der Waals surface area contributed by atoms with E-state index in [1.54, 1.807) is 12.1 Å². The Morgan fingerprint density at radius 3 is 2.52 bits per heavy atom. The first-order valence-electron chi connectivity index (χ1n) is 8.69. The third-order valence-electron chi connectivity index (χ3n) is 4.94. The van der Waals surface area contributed by atoms with E-state index in [-0.39, 0.29) is 5.91 Å². The standard InChI is InChI=1S/C21H21ClN2O/c22-19-8-10-20(11-9-19)24-21(25)13-15-4-6-17(7-5-15)18-3-1-2-16(12-18)14-23/h1-3,8-12,15,17H,4-7,13H2,(H,24,25)/t15-,17+. The molecular formula is C21H21ClN2O. The molecule has 25 heavy (non-hydrogen) atoms. The van der Waals surface area contributed by atoms with Crippen molar-refractivity contribution in [3.63, 3.8) is 0 Å². The summed E-state index contributed by atoms with van der Waals surface area (Å²) in [6, 6.07) is 17.3. The fourth-order valence-electron chi connectivity index (χ4n) is 3.57. The van der Waals surface area contributed by atoms with Crippen LogP contribution in [0.3, 0.4) is 0 Å². The van der Waals surface area contributed by atoms with Crippen LogP contribution in [0.4, 0.5) is 5.69 Å². The number of amides is 1. The fraction of sp³-hybridized carbons (Fsp3) is 0.333. The Morgan fingerprint density at radius 1 is 1.12 bits per heavy atom. The summed E-state index contributed by atoms with van der Waals surface area (Å²) in [5.41, 5.74) is 2.77. The molecule has 128 valence electrons. The second kappa shape index (κ2) is 8.18. The average molecular weight is 353 g/mol. The monoisotopic (exact) mass is 352 g/mol. The van der Waals surface area contributed by atoms with Crippen LogP contribution in [-0.2, 0) is 4.79 Å². The average Bonchev–Trinajstić information content (AvgIpc) is 2.64. The summed E-state index contributed by atoms with van der Waals surface area (Å²) in [5.74, 6) is 1.00. The summed E-state index contributed by atoms with van der Waals surface area (Å²) in [7, 11) is 0. The van der Waals surface area contributed by atoms with E-state index in [0.29, 0.717) is 23.3 Å². The zero-order chi connectivity index (χ0) is 17.6. The maximum atomic E-state index is 12.2. The van der Waals surface area contributed by atoms with Gasteiger partial charge in [-0.05, 0) is 79.5 Å². The Bertz CT molecular complexity index is 771. The topological polar surface area (TPSA) is 52.9 Å². The van der Waals surface area contributed by atoms with Crippen molar-refractivity contribution in [3.8, 4) is 6.07 Å². The predicted molar refractivity (Wildman–Crippen MR) is 101 cm³/mol.